The molecule has 0 radical (unpaired) electrons. The van der Waals surface area contributed by atoms with E-state index >= 15 is 0 Å². The van der Waals surface area contributed by atoms with E-state index in [1.54, 1.807) is 43.5 Å². The largest absolute Gasteiger partial charge is 0.497 e. The van der Waals surface area contributed by atoms with Gasteiger partial charge in [0.15, 0.2) is 18.0 Å². The Morgan fingerprint density at radius 3 is 2.45 bits per heavy atom. The van der Waals surface area contributed by atoms with Crippen molar-refractivity contribution in [3.63, 3.8) is 0 Å². The number of hydrogen-bond donors (Lipinski definition) is 1. The molecule has 2 aromatic carbocycles. The Morgan fingerprint density at radius 1 is 1.05 bits per heavy atom. The lowest BCUT2D eigenvalue weighted by molar-refractivity contribution is -0.168. The second-order valence-corrected chi connectivity index (χ2v) is 9.57. The van der Waals surface area contributed by atoms with Crippen LogP contribution in [0.25, 0.3) is 6.08 Å². The molecule has 196 valence electrons. The third kappa shape index (κ3) is 3.75. The number of allylic oxidation sites excluding steroid dienone is 3. The van der Waals surface area contributed by atoms with Crippen molar-refractivity contribution in [2.75, 3.05) is 27.6 Å². The van der Waals surface area contributed by atoms with E-state index in [0.717, 1.165) is 5.56 Å². The summed E-state index contributed by atoms with van der Waals surface area (Å²) >= 11 is 0. The van der Waals surface area contributed by atoms with Crippen molar-refractivity contribution >= 4 is 23.8 Å². The lowest BCUT2D eigenvalue weighted by atomic mass is 9.57. The highest BCUT2D eigenvalue weighted by atomic mass is 16.7. The second-order valence-electron chi connectivity index (χ2n) is 9.57. The number of rotatable bonds is 6. The minimum absolute atomic E-state index is 0.0108. The number of carbonyl (C=O) groups excluding carboxylic acids is 2. The quantitative estimate of drug-likeness (QED) is 0.451. The molecule has 3 aliphatic rings. The van der Waals surface area contributed by atoms with Gasteiger partial charge >= 0.3 is 11.9 Å². The number of carboxylic acids is 1. The van der Waals surface area contributed by atoms with Gasteiger partial charge in [-0.05, 0) is 47.8 Å². The summed E-state index contributed by atoms with van der Waals surface area (Å²) in [5.74, 6) is -3.18. The third-order valence-electron chi connectivity index (χ3n) is 7.91. The minimum atomic E-state index is -2.04. The molecule has 8 heteroatoms. The summed E-state index contributed by atoms with van der Waals surface area (Å²) in [5, 5.41) is 10.7. The topological polar surface area (TPSA) is 108 Å². The van der Waals surface area contributed by atoms with Crippen molar-refractivity contribution in [2.45, 2.75) is 12.3 Å². The van der Waals surface area contributed by atoms with Crippen LogP contribution >= 0.6 is 0 Å². The SMILES string of the molecule is COC(=O)C1(C(=O)O)CC(/C=C/c2ccc(OC)cc2)C2(C(=O)C=CC3=C2COCO3)C1c1ccccc1. The fraction of sp³-hybridized carbons (Fsp3) is 0.300. The monoisotopic (exact) mass is 516 g/mol. The lowest BCUT2D eigenvalue weighted by Crippen LogP contribution is -2.50. The summed E-state index contributed by atoms with van der Waals surface area (Å²) in [4.78, 5) is 40.8. The Balaban J connectivity index is 1.78. The summed E-state index contributed by atoms with van der Waals surface area (Å²) in [7, 11) is 2.75. The number of benzene rings is 2. The molecule has 1 saturated carbocycles. The number of esters is 1. The first-order valence-corrected chi connectivity index (χ1v) is 12.2. The minimum Gasteiger partial charge on any atom is -0.497 e. The van der Waals surface area contributed by atoms with Crippen molar-refractivity contribution in [2.24, 2.45) is 16.7 Å². The summed E-state index contributed by atoms with van der Waals surface area (Å²) < 4.78 is 21.8. The predicted octanol–water partition coefficient (Wildman–Crippen LogP) is 4.14. The summed E-state index contributed by atoms with van der Waals surface area (Å²) in [6.07, 6.45) is 6.51. The van der Waals surface area contributed by atoms with E-state index in [-0.39, 0.29) is 25.6 Å². The van der Waals surface area contributed by atoms with Gasteiger partial charge in [-0.25, -0.2) is 0 Å². The molecule has 1 N–H and O–H groups in total. The zero-order chi connectivity index (χ0) is 26.9. The maximum absolute atomic E-state index is 14.2. The first-order chi connectivity index (χ1) is 18.4. The summed E-state index contributed by atoms with van der Waals surface area (Å²) in [6, 6.07) is 16.2. The van der Waals surface area contributed by atoms with Gasteiger partial charge in [0.25, 0.3) is 0 Å². The molecule has 0 amide bonds. The van der Waals surface area contributed by atoms with Crippen LogP contribution in [0, 0.1) is 16.7 Å². The molecule has 1 spiro atoms. The van der Waals surface area contributed by atoms with Crippen LogP contribution in [0.4, 0.5) is 0 Å². The highest BCUT2D eigenvalue weighted by molar-refractivity contribution is 6.07. The number of carboxylic acid groups (broad SMARTS) is 1. The van der Waals surface area contributed by atoms with Crippen molar-refractivity contribution in [1.29, 1.82) is 0 Å². The van der Waals surface area contributed by atoms with Crippen LogP contribution < -0.4 is 4.74 Å². The number of carbonyl (C=O) groups is 3. The van der Waals surface area contributed by atoms with Gasteiger partial charge in [0.1, 0.15) is 11.5 Å². The number of hydrogen-bond acceptors (Lipinski definition) is 7. The molecule has 2 aliphatic carbocycles. The van der Waals surface area contributed by atoms with E-state index in [1.165, 1.54) is 13.2 Å². The first kappa shape index (κ1) is 25.5. The smallest absolute Gasteiger partial charge is 0.323 e. The van der Waals surface area contributed by atoms with Gasteiger partial charge in [0.2, 0.25) is 0 Å². The number of methoxy groups -OCH3 is 2. The molecule has 38 heavy (non-hydrogen) atoms. The van der Waals surface area contributed by atoms with Gasteiger partial charge in [-0.15, -0.1) is 0 Å². The fourth-order valence-electron chi connectivity index (χ4n) is 6.30. The van der Waals surface area contributed by atoms with Crippen LogP contribution in [0.5, 0.6) is 5.75 Å². The van der Waals surface area contributed by atoms with Gasteiger partial charge in [-0.2, -0.15) is 0 Å². The van der Waals surface area contributed by atoms with E-state index in [4.69, 9.17) is 18.9 Å². The van der Waals surface area contributed by atoms with E-state index in [0.29, 0.717) is 22.6 Å². The maximum Gasteiger partial charge on any atom is 0.323 e. The van der Waals surface area contributed by atoms with Crippen LogP contribution in [-0.4, -0.2) is 50.4 Å². The van der Waals surface area contributed by atoms with Crippen molar-refractivity contribution in [3.8, 4) is 5.75 Å². The zero-order valence-corrected chi connectivity index (χ0v) is 21.1. The normalized spacial score (nSPS) is 28.3. The molecule has 5 rings (SSSR count). The Morgan fingerprint density at radius 2 is 1.79 bits per heavy atom. The Bertz CT molecular complexity index is 1340. The van der Waals surface area contributed by atoms with E-state index in [1.807, 2.05) is 36.4 Å². The highest BCUT2D eigenvalue weighted by Gasteiger charge is 2.73. The molecule has 8 nitrogen and oxygen atoms in total. The van der Waals surface area contributed by atoms with Gasteiger partial charge in [-0.3, -0.25) is 14.4 Å². The van der Waals surface area contributed by atoms with E-state index in [2.05, 4.69) is 0 Å². The molecule has 0 saturated heterocycles. The number of ether oxygens (including phenoxy) is 4. The predicted molar refractivity (Wildman–Crippen MR) is 137 cm³/mol. The lowest BCUT2D eigenvalue weighted by Gasteiger charge is -2.45. The molecule has 1 fully saturated rings. The van der Waals surface area contributed by atoms with Crippen molar-refractivity contribution in [1.82, 2.24) is 0 Å². The number of fused-ring (bicyclic) bond motifs is 1. The average molecular weight is 517 g/mol. The van der Waals surface area contributed by atoms with E-state index in [9.17, 15) is 19.5 Å². The molecule has 1 heterocycles. The standard InChI is InChI=1S/C30H28O8/c1-35-22-12-9-19(10-13-22)8-11-21-16-29(27(32)33,28(34)36-2)26(20-6-4-3-5-7-20)30(21)23-17-37-18-38-24(23)14-15-25(30)31/h3-15,21,26H,16-18H2,1-2H3,(H,32,33)/b11-8+. The van der Waals surface area contributed by atoms with Crippen LogP contribution in [0.15, 0.2) is 84.2 Å². The molecule has 1 aliphatic heterocycles. The molecule has 4 atom stereocenters. The third-order valence-corrected chi connectivity index (χ3v) is 7.91. The highest BCUT2D eigenvalue weighted by Crippen LogP contribution is 2.68. The molecule has 2 aromatic rings. The fourth-order valence-corrected chi connectivity index (χ4v) is 6.30. The van der Waals surface area contributed by atoms with Crippen molar-refractivity contribution in [3.05, 3.63) is 95.3 Å². The van der Waals surface area contributed by atoms with Crippen LogP contribution in [0.3, 0.4) is 0 Å². The maximum atomic E-state index is 14.2. The molecule has 0 bridgehead atoms. The van der Waals surface area contributed by atoms with Crippen LogP contribution in [-0.2, 0) is 28.6 Å². The Hall–Kier alpha value is -4.17. The Labute approximate surface area is 220 Å². The molecule has 4 unspecified atom stereocenters. The molecule has 0 aromatic heterocycles. The van der Waals surface area contributed by atoms with Crippen molar-refractivity contribution < 1.29 is 38.4 Å². The summed E-state index contributed by atoms with van der Waals surface area (Å²) in [6.45, 7) is 0.0787. The average Bonchev–Trinajstić information content (AvgIpc) is 3.27. The van der Waals surface area contributed by atoms with Gasteiger partial charge in [-0.1, -0.05) is 54.6 Å². The summed E-state index contributed by atoms with van der Waals surface area (Å²) in [5.41, 5.74) is -1.60. The molecular weight excluding hydrogens is 488 g/mol. The second kappa shape index (κ2) is 9.95. The van der Waals surface area contributed by atoms with Crippen LogP contribution in [0.2, 0.25) is 0 Å². The van der Waals surface area contributed by atoms with Gasteiger partial charge in [0, 0.05) is 11.5 Å². The zero-order valence-electron chi connectivity index (χ0n) is 21.1. The van der Waals surface area contributed by atoms with E-state index < -0.39 is 34.6 Å². The first-order valence-electron chi connectivity index (χ1n) is 12.2. The molecular formula is C30H28O8. The van der Waals surface area contributed by atoms with Gasteiger partial charge < -0.3 is 24.1 Å². The number of aliphatic carboxylic acids is 1. The van der Waals surface area contributed by atoms with Gasteiger partial charge in [0.05, 0.1) is 26.2 Å². The Kier molecular flexibility index (Phi) is 6.67. The number of ketones is 1. The van der Waals surface area contributed by atoms with Crippen LogP contribution in [0.1, 0.15) is 23.5 Å².